The molecule has 0 saturated carbocycles. The number of hydrogen-bond acceptors (Lipinski definition) is 5. The van der Waals surface area contributed by atoms with E-state index in [2.05, 4.69) is 4.98 Å². The third-order valence-corrected chi connectivity index (χ3v) is 4.87. The van der Waals surface area contributed by atoms with Crippen LogP contribution < -0.4 is 5.73 Å². The van der Waals surface area contributed by atoms with E-state index in [1.807, 2.05) is 0 Å². The number of oxazole rings is 1. The highest BCUT2D eigenvalue weighted by Crippen LogP contribution is 2.22. The highest BCUT2D eigenvalue weighted by Gasteiger charge is 2.29. The van der Waals surface area contributed by atoms with Crippen molar-refractivity contribution in [1.29, 1.82) is 0 Å². The molecule has 0 aliphatic carbocycles. The van der Waals surface area contributed by atoms with Crippen molar-refractivity contribution in [1.82, 2.24) is 9.29 Å². The van der Waals surface area contributed by atoms with Crippen molar-refractivity contribution < 1.29 is 12.8 Å². The SMILES string of the molecule is Nc1ccc2nc(CN3CCCS3(=O)=O)oc2c1. The molecule has 0 spiro atoms. The van der Waals surface area contributed by atoms with Crippen LogP contribution in [0.3, 0.4) is 0 Å². The number of benzene rings is 1. The molecule has 2 aromatic rings. The van der Waals surface area contributed by atoms with E-state index in [9.17, 15) is 8.42 Å². The van der Waals surface area contributed by atoms with Gasteiger partial charge in [0.05, 0.1) is 12.3 Å². The van der Waals surface area contributed by atoms with E-state index in [0.29, 0.717) is 35.6 Å². The highest BCUT2D eigenvalue weighted by molar-refractivity contribution is 7.89. The Bertz CT molecular complexity index is 693. The van der Waals surface area contributed by atoms with Crippen LogP contribution in [-0.4, -0.2) is 30.0 Å². The fraction of sp³-hybridized carbons (Fsp3) is 0.364. The normalized spacial score (nSPS) is 19.6. The Balaban J connectivity index is 1.91. The first kappa shape index (κ1) is 11.5. The minimum atomic E-state index is -3.12. The second-order valence-corrected chi connectivity index (χ2v) is 6.43. The summed E-state index contributed by atoms with van der Waals surface area (Å²) in [5.74, 6) is 0.612. The Morgan fingerprint density at radius 2 is 2.28 bits per heavy atom. The lowest BCUT2D eigenvalue weighted by Gasteiger charge is -2.10. The van der Waals surface area contributed by atoms with Crippen LogP contribution >= 0.6 is 0 Å². The summed E-state index contributed by atoms with van der Waals surface area (Å²) < 4.78 is 30.3. The largest absolute Gasteiger partial charge is 0.439 e. The van der Waals surface area contributed by atoms with Crippen LogP contribution in [0, 0.1) is 0 Å². The van der Waals surface area contributed by atoms with E-state index in [1.165, 1.54) is 4.31 Å². The van der Waals surface area contributed by atoms with Gasteiger partial charge in [0.25, 0.3) is 0 Å². The second kappa shape index (κ2) is 3.96. The Hall–Kier alpha value is -1.60. The van der Waals surface area contributed by atoms with Crippen molar-refractivity contribution in [3.8, 4) is 0 Å². The molecule has 1 aromatic heterocycles. The van der Waals surface area contributed by atoms with Gasteiger partial charge in [0, 0.05) is 18.3 Å². The molecule has 0 amide bonds. The summed E-state index contributed by atoms with van der Waals surface area (Å²) >= 11 is 0. The summed E-state index contributed by atoms with van der Waals surface area (Å²) in [5, 5.41) is 0. The highest BCUT2D eigenvalue weighted by atomic mass is 32.2. The van der Waals surface area contributed by atoms with Crippen molar-refractivity contribution in [2.45, 2.75) is 13.0 Å². The third kappa shape index (κ3) is 1.95. The van der Waals surface area contributed by atoms with Crippen LogP contribution in [0.5, 0.6) is 0 Å². The quantitative estimate of drug-likeness (QED) is 0.818. The van der Waals surface area contributed by atoms with Crippen LogP contribution in [0.15, 0.2) is 22.6 Å². The van der Waals surface area contributed by atoms with Crippen LogP contribution in [0.25, 0.3) is 11.1 Å². The van der Waals surface area contributed by atoms with Gasteiger partial charge in [0.15, 0.2) is 5.58 Å². The smallest absolute Gasteiger partial charge is 0.214 e. The van der Waals surface area contributed by atoms with Gasteiger partial charge in [0.1, 0.15) is 5.52 Å². The molecule has 0 unspecified atom stereocenters. The van der Waals surface area contributed by atoms with Crippen molar-refractivity contribution in [2.75, 3.05) is 18.0 Å². The first-order valence-electron chi connectivity index (χ1n) is 5.67. The molecular weight excluding hydrogens is 254 g/mol. The average Bonchev–Trinajstić information content (AvgIpc) is 2.82. The number of sulfonamides is 1. The lowest BCUT2D eigenvalue weighted by Crippen LogP contribution is -2.25. The maximum absolute atomic E-state index is 11.7. The summed E-state index contributed by atoms with van der Waals surface area (Å²) in [7, 11) is -3.12. The van der Waals surface area contributed by atoms with E-state index in [1.54, 1.807) is 18.2 Å². The van der Waals surface area contributed by atoms with E-state index in [-0.39, 0.29) is 12.3 Å². The van der Waals surface area contributed by atoms with Crippen LogP contribution in [0.4, 0.5) is 5.69 Å². The average molecular weight is 267 g/mol. The molecule has 1 fully saturated rings. The third-order valence-electron chi connectivity index (χ3n) is 2.97. The zero-order valence-corrected chi connectivity index (χ0v) is 10.5. The predicted molar refractivity (Wildman–Crippen MR) is 67.2 cm³/mol. The van der Waals surface area contributed by atoms with Gasteiger partial charge in [-0.3, -0.25) is 0 Å². The number of nitrogens with zero attached hydrogens (tertiary/aromatic N) is 2. The van der Waals surface area contributed by atoms with Crippen molar-refractivity contribution >= 4 is 26.8 Å². The molecule has 1 aliphatic rings. The van der Waals surface area contributed by atoms with Crippen LogP contribution in [0.2, 0.25) is 0 Å². The first-order chi connectivity index (χ1) is 8.54. The minimum Gasteiger partial charge on any atom is -0.439 e. The Labute approximate surface area is 104 Å². The van der Waals surface area contributed by atoms with Crippen LogP contribution in [0.1, 0.15) is 12.3 Å². The van der Waals surface area contributed by atoms with Gasteiger partial charge >= 0.3 is 0 Å². The van der Waals surface area contributed by atoms with E-state index >= 15 is 0 Å². The van der Waals surface area contributed by atoms with Crippen molar-refractivity contribution in [3.05, 3.63) is 24.1 Å². The molecule has 96 valence electrons. The number of nitrogens with two attached hydrogens (primary N) is 1. The molecule has 1 aromatic carbocycles. The molecule has 6 nitrogen and oxygen atoms in total. The van der Waals surface area contributed by atoms with E-state index in [4.69, 9.17) is 10.2 Å². The zero-order valence-electron chi connectivity index (χ0n) is 9.67. The fourth-order valence-corrected chi connectivity index (χ4v) is 3.54. The number of nitrogen functional groups attached to an aromatic ring is 1. The van der Waals surface area contributed by atoms with E-state index < -0.39 is 10.0 Å². The summed E-state index contributed by atoms with van der Waals surface area (Å²) in [4.78, 5) is 4.25. The van der Waals surface area contributed by atoms with Gasteiger partial charge in [-0.05, 0) is 18.6 Å². The minimum absolute atomic E-state index is 0.191. The number of hydrogen-bond donors (Lipinski definition) is 1. The molecule has 2 N–H and O–H groups in total. The molecule has 1 saturated heterocycles. The summed E-state index contributed by atoms with van der Waals surface area (Å²) in [5.41, 5.74) is 7.52. The molecule has 0 atom stereocenters. The lowest BCUT2D eigenvalue weighted by atomic mass is 10.3. The number of anilines is 1. The molecule has 1 aliphatic heterocycles. The first-order valence-corrected chi connectivity index (χ1v) is 7.28. The van der Waals surface area contributed by atoms with E-state index in [0.717, 1.165) is 0 Å². The Morgan fingerprint density at radius 1 is 1.44 bits per heavy atom. The molecule has 7 heteroatoms. The second-order valence-electron chi connectivity index (χ2n) is 4.34. The van der Waals surface area contributed by atoms with Crippen LogP contribution in [-0.2, 0) is 16.6 Å². The molecule has 18 heavy (non-hydrogen) atoms. The Kier molecular flexibility index (Phi) is 2.53. The summed E-state index contributed by atoms with van der Waals surface area (Å²) in [6, 6.07) is 5.18. The zero-order chi connectivity index (χ0) is 12.8. The maximum atomic E-state index is 11.7. The number of fused-ring (bicyclic) bond motifs is 1. The van der Waals surface area contributed by atoms with Crippen molar-refractivity contribution in [3.63, 3.8) is 0 Å². The Morgan fingerprint density at radius 3 is 3.00 bits per heavy atom. The lowest BCUT2D eigenvalue weighted by molar-refractivity contribution is 0.384. The maximum Gasteiger partial charge on any atom is 0.214 e. The van der Waals surface area contributed by atoms with Gasteiger partial charge in [-0.1, -0.05) is 0 Å². The fourth-order valence-electron chi connectivity index (χ4n) is 2.08. The van der Waals surface area contributed by atoms with Gasteiger partial charge < -0.3 is 10.2 Å². The monoisotopic (exact) mass is 267 g/mol. The van der Waals surface area contributed by atoms with Gasteiger partial charge in [-0.2, -0.15) is 4.31 Å². The predicted octanol–water partition coefficient (Wildman–Crippen LogP) is 0.946. The molecule has 0 radical (unpaired) electrons. The molecule has 3 rings (SSSR count). The standard InChI is InChI=1S/C11H13N3O3S/c12-8-2-3-9-10(6-8)17-11(13-9)7-14-4-1-5-18(14,15)16/h2-3,6H,1,4-5,7,12H2. The number of rotatable bonds is 2. The molecule has 0 bridgehead atoms. The molecular formula is C11H13N3O3S. The summed E-state index contributed by atoms with van der Waals surface area (Å²) in [6.07, 6.45) is 0.662. The van der Waals surface area contributed by atoms with Gasteiger partial charge in [0.2, 0.25) is 15.9 Å². The summed E-state index contributed by atoms with van der Waals surface area (Å²) in [6.45, 7) is 0.722. The van der Waals surface area contributed by atoms with Gasteiger partial charge in [-0.15, -0.1) is 0 Å². The van der Waals surface area contributed by atoms with Crippen molar-refractivity contribution in [2.24, 2.45) is 0 Å². The van der Waals surface area contributed by atoms with Gasteiger partial charge in [-0.25, -0.2) is 13.4 Å². The topological polar surface area (TPSA) is 89.4 Å². The number of aromatic nitrogens is 1. The molecule has 2 heterocycles.